The lowest BCUT2D eigenvalue weighted by atomic mass is 9.81. The molecule has 5 heterocycles. The molecule has 1 amide bonds. The summed E-state index contributed by atoms with van der Waals surface area (Å²) < 4.78 is 49.2. The molecular weight excluding hydrogens is 831 g/mol. The second kappa shape index (κ2) is 17.2. The molecule has 4 aromatic carbocycles. The van der Waals surface area contributed by atoms with E-state index >= 15 is 0 Å². The van der Waals surface area contributed by atoms with E-state index in [1.54, 1.807) is 43.2 Å². The zero-order valence-corrected chi connectivity index (χ0v) is 36.5. The van der Waals surface area contributed by atoms with Crippen molar-refractivity contribution in [2.24, 2.45) is 4.99 Å². The molecule has 2 saturated heterocycles. The summed E-state index contributed by atoms with van der Waals surface area (Å²) in [7, 11) is 3.09. The number of aryl methyl sites for hydroxylation is 1. The first-order valence-corrected chi connectivity index (χ1v) is 22.8. The number of thioether (sulfide) groups is 1. The fraction of sp³-hybridized carbons (Fsp3) is 0.333. The normalized spacial score (nSPS) is 17.6. The van der Waals surface area contributed by atoms with Crippen LogP contribution in [0.25, 0.3) is 20.7 Å². The molecule has 14 heteroatoms. The minimum atomic E-state index is -0.517. The van der Waals surface area contributed by atoms with Crippen LogP contribution in [0.3, 0.4) is 0 Å². The van der Waals surface area contributed by atoms with Crippen LogP contribution in [-0.2, 0) is 6.54 Å². The number of methoxy groups -OCH3 is 2. The molecule has 0 bridgehead atoms. The molecule has 6 aromatic rings. The SMILES string of the molecule is CCOc1cc2c(cc1OC)C(c1ccc(C(=O)N3CCC(n4c(=O)c5sc(-c6ccc(F)cc6OC)cc5n(Cc5ccc(C)c(F)c5)c4=O)CC3)cc1)=N[C@@H]1CCSC[C@H]21. The molecule has 0 spiro atoms. The number of halogens is 2. The maximum atomic E-state index is 14.7. The third kappa shape index (κ3) is 7.61. The number of amides is 1. The van der Waals surface area contributed by atoms with Crippen molar-refractivity contribution >= 4 is 44.9 Å². The van der Waals surface area contributed by atoms with Gasteiger partial charge in [0.2, 0.25) is 0 Å². The number of hydrogen-bond donors (Lipinski definition) is 0. The Labute approximate surface area is 365 Å². The number of aliphatic imine (C=N–C) groups is 1. The molecule has 2 fully saturated rings. The fourth-order valence-electron chi connectivity index (χ4n) is 9.00. The summed E-state index contributed by atoms with van der Waals surface area (Å²) >= 11 is 3.15. The number of thiophene rings is 1. The van der Waals surface area contributed by atoms with Gasteiger partial charge in [-0.15, -0.1) is 11.3 Å². The van der Waals surface area contributed by atoms with Crippen LogP contribution in [-0.4, -0.2) is 77.1 Å². The van der Waals surface area contributed by atoms with E-state index < -0.39 is 28.9 Å². The number of likely N-dealkylation sites (tertiary alicyclic amines) is 1. The van der Waals surface area contributed by atoms with E-state index in [0.29, 0.717) is 81.4 Å². The van der Waals surface area contributed by atoms with Gasteiger partial charge in [0.1, 0.15) is 22.1 Å². The lowest BCUT2D eigenvalue weighted by Crippen LogP contribution is -2.46. The minimum Gasteiger partial charge on any atom is -0.496 e. The Morgan fingerprint density at radius 2 is 1.65 bits per heavy atom. The van der Waals surface area contributed by atoms with Crippen molar-refractivity contribution in [2.45, 2.75) is 57.7 Å². The Morgan fingerprint density at radius 1 is 0.871 bits per heavy atom. The topological polar surface area (TPSA) is 104 Å². The molecule has 320 valence electrons. The summed E-state index contributed by atoms with van der Waals surface area (Å²) in [5.74, 6) is 3.02. The van der Waals surface area contributed by atoms with Crippen molar-refractivity contribution < 1.29 is 27.8 Å². The van der Waals surface area contributed by atoms with Crippen LogP contribution >= 0.6 is 23.1 Å². The van der Waals surface area contributed by atoms with Crippen molar-refractivity contribution in [2.75, 3.05) is 45.4 Å². The number of benzene rings is 4. The van der Waals surface area contributed by atoms with Crippen LogP contribution < -0.4 is 25.5 Å². The van der Waals surface area contributed by atoms with E-state index in [-0.39, 0.29) is 24.4 Å². The molecule has 3 aliphatic rings. The number of piperidine rings is 1. The Balaban J connectivity index is 0.986. The van der Waals surface area contributed by atoms with Crippen LogP contribution in [0.5, 0.6) is 17.2 Å². The van der Waals surface area contributed by atoms with Gasteiger partial charge in [-0.05, 0) is 104 Å². The highest BCUT2D eigenvalue weighted by Crippen LogP contribution is 2.44. The van der Waals surface area contributed by atoms with Crippen molar-refractivity contribution in [3.05, 3.63) is 145 Å². The second-order valence-electron chi connectivity index (χ2n) is 15.9. The highest BCUT2D eigenvalue weighted by molar-refractivity contribution is 7.99. The van der Waals surface area contributed by atoms with Gasteiger partial charge in [-0.2, -0.15) is 11.8 Å². The van der Waals surface area contributed by atoms with Crippen LogP contribution in [0, 0.1) is 18.6 Å². The largest absolute Gasteiger partial charge is 0.496 e. The first-order chi connectivity index (χ1) is 30.1. The van der Waals surface area contributed by atoms with Gasteiger partial charge in [0.25, 0.3) is 11.5 Å². The van der Waals surface area contributed by atoms with E-state index in [2.05, 4.69) is 6.07 Å². The predicted octanol–water partition coefficient (Wildman–Crippen LogP) is 8.86. The van der Waals surface area contributed by atoms with Crippen LogP contribution in [0.4, 0.5) is 8.78 Å². The monoisotopic (exact) mass is 876 g/mol. The van der Waals surface area contributed by atoms with E-state index in [0.717, 1.165) is 40.5 Å². The first kappa shape index (κ1) is 41.6. The summed E-state index contributed by atoms with van der Waals surface area (Å²) in [4.78, 5) is 50.5. The van der Waals surface area contributed by atoms with Crippen molar-refractivity contribution in [3.8, 4) is 27.7 Å². The Hall–Kier alpha value is -5.73. The van der Waals surface area contributed by atoms with Gasteiger partial charge in [0, 0.05) is 64.0 Å². The smallest absolute Gasteiger partial charge is 0.332 e. The molecule has 3 aliphatic heterocycles. The molecule has 0 aliphatic carbocycles. The standard InChI is InChI=1S/C48H46F2N4O6S2/c1-5-60-42-22-34-35(23-41(42)59-4)44(51-38-16-19-61-26-36(34)38)29-8-10-30(11-9-29)46(55)52-17-14-32(15-18-52)54-47(56)45-39(24-43(62-45)33-13-12-31(49)21-40(33)58-3)53(48(54)57)25-28-7-6-27(2)37(50)20-28/h6-13,20-24,32,36,38H,5,14-19,25-26H2,1-4H3/t36-,38-/m1/s1. The molecule has 9 rings (SSSR count). The number of hydrogen-bond acceptors (Lipinski definition) is 9. The summed E-state index contributed by atoms with van der Waals surface area (Å²) in [5.41, 5.74) is 5.62. The molecule has 2 atom stereocenters. The number of nitrogens with zero attached hydrogens (tertiary/aromatic N) is 4. The molecule has 0 unspecified atom stereocenters. The van der Waals surface area contributed by atoms with Gasteiger partial charge < -0.3 is 19.1 Å². The van der Waals surface area contributed by atoms with E-state index in [1.807, 2.05) is 49.0 Å². The van der Waals surface area contributed by atoms with E-state index in [9.17, 15) is 23.2 Å². The van der Waals surface area contributed by atoms with Gasteiger partial charge in [-0.25, -0.2) is 13.6 Å². The van der Waals surface area contributed by atoms with Crippen LogP contribution in [0.15, 0.2) is 93.4 Å². The van der Waals surface area contributed by atoms with E-state index in [4.69, 9.17) is 19.2 Å². The summed E-state index contributed by atoms with van der Waals surface area (Å²) in [6.07, 6.45) is 1.75. The Morgan fingerprint density at radius 3 is 2.37 bits per heavy atom. The van der Waals surface area contributed by atoms with Crippen molar-refractivity contribution in [1.29, 1.82) is 0 Å². The predicted molar refractivity (Wildman–Crippen MR) is 241 cm³/mol. The van der Waals surface area contributed by atoms with Crippen molar-refractivity contribution in [3.63, 3.8) is 0 Å². The third-order valence-electron chi connectivity index (χ3n) is 12.3. The number of carbonyl (C=O) groups is 1. The first-order valence-electron chi connectivity index (χ1n) is 20.8. The van der Waals surface area contributed by atoms with Gasteiger partial charge in [0.15, 0.2) is 11.5 Å². The highest BCUT2D eigenvalue weighted by atomic mass is 32.2. The second-order valence-corrected chi connectivity index (χ2v) is 18.1. The number of ether oxygens (including phenoxy) is 3. The molecule has 2 aromatic heterocycles. The van der Waals surface area contributed by atoms with Gasteiger partial charge in [-0.3, -0.25) is 23.7 Å². The molecule has 10 nitrogen and oxygen atoms in total. The number of fused-ring (bicyclic) bond motifs is 4. The maximum absolute atomic E-state index is 14.7. The summed E-state index contributed by atoms with van der Waals surface area (Å²) in [6, 6.07) is 22.2. The highest BCUT2D eigenvalue weighted by Gasteiger charge is 2.35. The van der Waals surface area contributed by atoms with Crippen LogP contribution in [0.2, 0.25) is 0 Å². The van der Waals surface area contributed by atoms with E-state index in [1.165, 1.54) is 51.3 Å². The minimum absolute atomic E-state index is 0.0248. The number of rotatable bonds is 10. The Kier molecular flexibility index (Phi) is 11.5. The quantitative estimate of drug-likeness (QED) is 0.136. The number of aromatic nitrogens is 2. The summed E-state index contributed by atoms with van der Waals surface area (Å²) in [6.45, 7) is 4.86. The molecule has 0 N–H and O–H groups in total. The maximum Gasteiger partial charge on any atom is 0.332 e. The Bertz CT molecular complexity index is 2860. The molecule has 62 heavy (non-hydrogen) atoms. The number of carbonyl (C=O) groups excluding carboxylic acids is 1. The zero-order valence-electron chi connectivity index (χ0n) is 34.9. The third-order valence-corrected chi connectivity index (χ3v) is 14.6. The van der Waals surface area contributed by atoms with Crippen molar-refractivity contribution in [1.82, 2.24) is 14.0 Å². The lowest BCUT2D eigenvalue weighted by molar-refractivity contribution is 0.0691. The summed E-state index contributed by atoms with van der Waals surface area (Å²) in [5, 5.41) is 0. The van der Waals surface area contributed by atoms with Gasteiger partial charge in [-0.1, -0.05) is 24.3 Å². The average molecular weight is 877 g/mol. The average Bonchev–Trinajstić information content (AvgIpc) is 3.74. The molecule has 0 radical (unpaired) electrons. The van der Waals surface area contributed by atoms with Gasteiger partial charge in [0.05, 0.1) is 44.6 Å². The van der Waals surface area contributed by atoms with Gasteiger partial charge >= 0.3 is 5.69 Å². The fourth-order valence-corrected chi connectivity index (χ4v) is 11.4. The van der Waals surface area contributed by atoms with Crippen LogP contribution in [0.1, 0.15) is 76.3 Å². The zero-order chi connectivity index (χ0) is 43.2. The molecular formula is C48H46F2N4O6S2. The molecule has 0 saturated carbocycles. The lowest BCUT2D eigenvalue weighted by Gasteiger charge is -2.35.